The van der Waals surface area contributed by atoms with Crippen LogP contribution in [0.1, 0.15) is 11.1 Å². The van der Waals surface area contributed by atoms with E-state index in [0.717, 1.165) is 12.1 Å². The molecule has 1 aromatic carbocycles. The monoisotopic (exact) mass is 309 g/mol. The Morgan fingerprint density at radius 3 is 1.65 bits per heavy atom. The lowest BCUT2D eigenvalue weighted by Crippen LogP contribution is -2.59. The first-order valence-corrected chi connectivity index (χ1v) is 4.88. The fourth-order valence-corrected chi connectivity index (χ4v) is 1.32. The van der Waals surface area contributed by atoms with Crippen LogP contribution in [-0.4, -0.2) is 18.0 Å². The number of hydrogen-bond acceptors (Lipinski definition) is 0. The van der Waals surface area contributed by atoms with Crippen molar-refractivity contribution in [2.45, 2.75) is 23.9 Å². The van der Waals surface area contributed by atoms with Gasteiger partial charge in [-0.15, -0.1) is 0 Å². The quantitative estimate of drug-likeness (QED) is 0.704. The summed E-state index contributed by atoms with van der Waals surface area (Å²) in [6.45, 7) is 3.10. The van der Waals surface area contributed by atoms with E-state index in [0.29, 0.717) is 12.1 Å². The normalized spacial score (nSPS) is 14.5. The molecule has 0 saturated carbocycles. The predicted octanol–water partition coefficient (Wildman–Crippen LogP) is 4.79. The number of alkyl halides is 9. The van der Waals surface area contributed by atoms with Crippen molar-refractivity contribution < 1.29 is 39.5 Å². The van der Waals surface area contributed by atoms with E-state index in [9.17, 15) is 39.5 Å². The first kappa shape index (κ1) is 16.6. The van der Waals surface area contributed by atoms with Crippen molar-refractivity contribution in [1.29, 1.82) is 0 Å². The highest BCUT2D eigenvalue weighted by Gasteiger charge is 2.81. The Kier molecular flexibility index (Phi) is 3.79. The van der Waals surface area contributed by atoms with Gasteiger partial charge in [0.15, 0.2) is 0 Å². The summed E-state index contributed by atoms with van der Waals surface area (Å²) >= 11 is 0. The Hall–Kier alpha value is -1.41. The van der Waals surface area contributed by atoms with Crippen molar-refractivity contribution in [3.05, 3.63) is 42.3 Å². The fourth-order valence-electron chi connectivity index (χ4n) is 1.32. The Labute approximate surface area is 107 Å². The van der Waals surface area contributed by atoms with E-state index in [2.05, 4.69) is 6.92 Å². The largest absolute Gasteiger partial charge is 0.460 e. The van der Waals surface area contributed by atoms with Gasteiger partial charge >= 0.3 is 23.9 Å². The minimum absolute atomic E-state index is 0.242. The zero-order valence-corrected chi connectivity index (χ0v) is 9.42. The molecule has 1 rings (SSSR count). The molecule has 0 aliphatic heterocycles. The Balaban J connectivity index is 3.39. The molecule has 0 fully saturated rings. The van der Waals surface area contributed by atoms with Crippen molar-refractivity contribution in [1.82, 2.24) is 0 Å². The van der Waals surface area contributed by atoms with E-state index >= 15 is 0 Å². The molecule has 0 unspecified atom stereocenters. The molecule has 0 spiro atoms. The average Bonchev–Trinajstić information content (AvgIpc) is 2.26. The molecule has 0 nitrogen and oxygen atoms in total. The van der Waals surface area contributed by atoms with Gasteiger partial charge < -0.3 is 0 Å². The van der Waals surface area contributed by atoms with Crippen LogP contribution in [0.4, 0.5) is 39.5 Å². The van der Waals surface area contributed by atoms with Gasteiger partial charge in [-0.25, -0.2) is 0 Å². The van der Waals surface area contributed by atoms with Crippen LogP contribution in [0.5, 0.6) is 0 Å². The molecule has 0 saturated heterocycles. The maximum atomic E-state index is 13.4. The molecule has 1 radical (unpaired) electrons. The van der Waals surface area contributed by atoms with E-state index < -0.39 is 29.5 Å². The number of hydrogen-bond donors (Lipinski definition) is 0. The van der Waals surface area contributed by atoms with E-state index in [-0.39, 0.29) is 5.56 Å². The lowest BCUT2D eigenvalue weighted by atomic mass is 9.96. The van der Waals surface area contributed by atoms with Gasteiger partial charge in [0.05, 0.1) is 0 Å². The molecule has 0 atom stereocenters. The molecule has 9 heteroatoms. The summed E-state index contributed by atoms with van der Waals surface area (Å²) in [5.41, 5.74) is -1.92. The van der Waals surface area contributed by atoms with Crippen LogP contribution >= 0.6 is 0 Å². The van der Waals surface area contributed by atoms with Crippen molar-refractivity contribution in [3.8, 4) is 0 Å². The van der Waals surface area contributed by atoms with Crippen LogP contribution in [0, 0.1) is 6.92 Å². The second kappa shape index (κ2) is 4.56. The second-order valence-corrected chi connectivity index (χ2v) is 3.92. The predicted molar refractivity (Wildman–Crippen MR) is 50.7 cm³/mol. The summed E-state index contributed by atoms with van der Waals surface area (Å²) in [4.78, 5) is 0. The molecule has 20 heavy (non-hydrogen) atoms. The highest BCUT2D eigenvalue weighted by atomic mass is 19.4. The molecule has 1 aromatic rings. The van der Waals surface area contributed by atoms with Crippen molar-refractivity contribution in [3.63, 3.8) is 0 Å². The van der Waals surface area contributed by atoms with Crippen molar-refractivity contribution in [2.75, 3.05) is 0 Å². The minimum atomic E-state index is -6.89. The van der Waals surface area contributed by atoms with Crippen molar-refractivity contribution >= 4 is 0 Å². The summed E-state index contributed by atoms with van der Waals surface area (Å²) in [5.74, 6) is -19.3. The topological polar surface area (TPSA) is 0 Å². The summed E-state index contributed by atoms with van der Waals surface area (Å²) in [6, 6.07) is 2.49. The lowest BCUT2D eigenvalue weighted by Gasteiger charge is -2.33. The van der Waals surface area contributed by atoms with Gasteiger partial charge in [-0.2, -0.15) is 39.5 Å². The first-order valence-electron chi connectivity index (χ1n) is 4.88. The smallest absolute Gasteiger partial charge is 0.194 e. The zero-order valence-electron chi connectivity index (χ0n) is 9.42. The maximum Gasteiger partial charge on any atom is 0.460 e. The number of rotatable bonds is 3. The second-order valence-electron chi connectivity index (χ2n) is 3.92. The molecule has 0 aliphatic rings. The summed E-state index contributed by atoms with van der Waals surface area (Å²) in [6.07, 6.45) is -6.82. The van der Waals surface area contributed by atoms with Crippen LogP contribution in [0.15, 0.2) is 24.3 Å². The summed E-state index contributed by atoms with van der Waals surface area (Å²) in [7, 11) is 0. The van der Waals surface area contributed by atoms with E-state index in [1.165, 1.54) is 0 Å². The lowest BCUT2D eigenvalue weighted by molar-refractivity contribution is -0.399. The maximum absolute atomic E-state index is 13.4. The Morgan fingerprint density at radius 1 is 0.750 bits per heavy atom. The molecule has 0 amide bonds. The van der Waals surface area contributed by atoms with Gasteiger partial charge in [0.2, 0.25) is 0 Å². The highest BCUT2D eigenvalue weighted by molar-refractivity contribution is 5.30. The van der Waals surface area contributed by atoms with Gasteiger partial charge in [-0.1, -0.05) is 18.2 Å². The molecule has 0 bridgehead atoms. The summed E-state index contributed by atoms with van der Waals surface area (Å²) < 4.78 is 114. The molecule has 0 N–H and O–H groups in total. The minimum Gasteiger partial charge on any atom is -0.194 e. The van der Waals surface area contributed by atoms with Crippen LogP contribution in [0.25, 0.3) is 0 Å². The van der Waals surface area contributed by atoms with E-state index in [1.807, 2.05) is 0 Å². The highest BCUT2D eigenvalue weighted by Crippen LogP contribution is 2.56. The van der Waals surface area contributed by atoms with Crippen LogP contribution < -0.4 is 0 Å². The fraction of sp³-hybridized carbons (Fsp3) is 0.364. The first-order chi connectivity index (χ1) is 8.75. The van der Waals surface area contributed by atoms with Gasteiger partial charge in [0, 0.05) is 5.56 Å². The van der Waals surface area contributed by atoms with E-state index in [4.69, 9.17) is 0 Å². The number of benzene rings is 1. The molecule has 0 heterocycles. The molecule has 113 valence electrons. The van der Waals surface area contributed by atoms with Gasteiger partial charge in [-0.05, 0) is 18.6 Å². The molecular weight excluding hydrogens is 303 g/mol. The summed E-state index contributed by atoms with van der Waals surface area (Å²) in [5, 5.41) is 0. The van der Waals surface area contributed by atoms with Crippen molar-refractivity contribution in [2.24, 2.45) is 0 Å². The Morgan fingerprint density at radius 2 is 1.25 bits per heavy atom. The zero-order chi connectivity index (χ0) is 16.0. The molecule has 0 aromatic heterocycles. The van der Waals surface area contributed by atoms with Gasteiger partial charge in [0.1, 0.15) is 0 Å². The Bertz CT molecular complexity index is 487. The number of halogens is 9. The van der Waals surface area contributed by atoms with Crippen LogP contribution in [-0.2, 0) is 5.92 Å². The molecular formula is C11H6F9. The third-order valence-corrected chi connectivity index (χ3v) is 2.43. The third-order valence-electron chi connectivity index (χ3n) is 2.43. The average molecular weight is 309 g/mol. The van der Waals surface area contributed by atoms with E-state index in [1.54, 1.807) is 0 Å². The standard InChI is InChI=1S/C11H6F9/c1-6-3-2-4-7(5-6)8(12,13)9(14,15)10(16,17)11(18,19)20/h2-5H,1H2. The van der Waals surface area contributed by atoms with Crippen LogP contribution in [0.2, 0.25) is 0 Å². The van der Waals surface area contributed by atoms with Gasteiger partial charge in [-0.3, -0.25) is 0 Å². The van der Waals surface area contributed by atoms with Crippen LogP contribution in [0.3, 0.4) is 0 Å². The SMILES string of the molecule is [CH2]c1cccc(C(F)(F)C(F)(F)C(F)(F)C(F)(F)F)c1. The van der Waals surface area contributed by atoms with Gasteiger partial charge in [0.25, 0.3) is 0 Å². The molecule has 0 aliphatic carbocycles. The third kappa shape index (κ3) is 2.33.